The molecule has 1 aromatic heterocycles. The zero-order chi connectivity index (χ0) is 11.7. The Bertz CT molecular complexity index is 547. The number of hydrogen-bond acceptors (Lipinski definition) is 3. The third kappa shape index (κ3) is 1.50. The van der Waals surface area contributed by atoms with Crippen molar-refractivity contribution < 1.29 is 9.90 Å². The highest BCUT2D eigenvalue weighted by Crippen LogP contribution is 2.37. The van der Waals surface area contributed by atoms with Gasteiger partial charge in [-0.05, 0) is 12.1 Å². The van der Waals surface area contributed by atoms with E-state index in [9.17, 15) is 9.90 Å². The van der Waals surface area contributed by atoms with E-state index in [4.69, 9.17) is 5.73 Å². The predicted molar refractivity (Wildman–Crippen MR) is 58.7 cm³/mol. The highest BCUT2D eigenvalue weighted by Gasteiger charge is 2.13. The van der Waals surface area contributed by atoms with Crippen LogP contribution >= 0.6 is 0 Å². The summed E-state index contributed by atoms with van der Waals surface area (Å²) in [4.78, 5) is 10.5. The molecule has 0 aliphatic rings. The Morgan fingerprint density at radius 3 is 2.75 bits per heavy atom. The van der Waals surface area contributed by atoms with E-state index < -0.39 is 6.03 Å². The van der Waals surface area contributed by atoms with Gasteiger partial charge in [0.1, 0.15) is 0 Å². The first-order valence-corrected chi connectivity index (χ1v) is 4.59. The van der Waals surface area contributed by atoms with Crippen molar-refractivity contribution in [3.05, 3.63) is 24.3 Å². The van der Waals surface area contributed by atoms with Gasteiger partial charge in [0.15, 0.2) is 11.6 Å². The van der Waals surface area contributed by atoms with Crippen molar-refractivity contribution in [1.29, 1.82) is 0 Å². The molecule has 1 heterocycles. The van der Waals surface area contributed by atoms with E-state index in [2.05, 4.69) is 10.2 Å². The van der Waals surface area contributed by atoms with Crippen LogP contribution in [0.1, 0.15) is 0 Å². The van der Waals surface area contributed by atoms with Crippen molar-refractivity contribution in [2.75, 3.05) is 0 Å². The second-order valence-electron chi connectivity index (χ2n) is 3.29. The number of azo groups is 1. The number of aromatic hydroxyl groups is 1. The second-order valence-corrected chi connectivity index (χ2v) is 3.29. The molecule has 0 aliphatic heterocycles. The molecule has 2 amide bonds. The number of primary amides is 1. The summed E-state index contributed by atoms with van der Waals surface area (Å²) in [6.07, 6.45) is 0. The number of nitrogens with zero attached hydrogens (tertiary/aromatic N) is 3. The van der Waals surface area contributed by atoms with Crippen molar-refractivity contribution in [1.82, 2.24) is 4.57 Å². The quantitative estimate of drug-likeness (QED) is 0.716. The summed E-state index contributed by atoms with van der Waals surface area (Å²) in [6.45, 7) is 0. The third-order valence-electron chi connectivity index (χ3n) is 2.29. The fraction of sp³-hybridized carbons (Fsp3) is 0.100. The van der Waals surface area contributed by atoms with Crippen LogP contribution in [0.2, 0.25) is 0 Å². The summed E-state index contributed by atoms with van der Waals surface area (Å²) in [7, 11) is 1.72. The van der Waals surface area contributed by atoms with Crippen molar-refractivity contribution in [2.45, 2.75) is 0 Å². The topological polar surface area (TPSA) is 93.0 Å². The molecule has 16 heavy (non-hydrogen) atoms. The van der Waals surface area contributed by atoms with E-state index >= 15 is 0 Å². The van der Waals surface area contributed by atoms with E-state index in [-0.39, 0.29) is 11.6 Å². The molecule has 3 N–H and O–H groups in total. The van der Waals surface area contributed by atoms with Gasteiger partial charge in [0.25, 0.3) is 0 Å². The summed E-state index contributed by atoms with van der Waals surface area (Å²) in [6, 6.07) is 6.34. The van der Waals surface area contributed by atoms with Gasteiger partial charge in [-0.15, -0.1) is 5.11 Å². The Kier molecular flexibility index (Phi) is 2.32. The molecule has 0 atom stereocenters. The minimum atomic E-state index is -0.898. The summed E-state index contributed by atoms with van der Waals surface area (Å²) in [5.41, 5.74) is 5.65. The lowest BCUT2D eigenvalue weighted by Gasteiger charge is -1.96. The molecule has 82 valence electrons. The first-order valence-electron chi connectivity index (χ1n) is 4.59. The monoisotopic (exact) mass is 218 g/mol. The number of rotatable bonds is 1. The minimum absolute atomic E-state index is 0.0110. The summed E-state index contributed by atoms with van der Waals surface area (Å²) in [5, 5.41) is 17.3. The van der Waals surface area contributed by atoms with E-state index in [1.54, 1.807) is 23.7 Å². The fourth-order valence-corrected chi connectivity index (χ4v) is 1.57. The van der Waals surface area contributed by atoms with E-state index in [0.29, 0.717) is 5.39 Å². The van der Waals surface area contributed by atoms with Crippen LogP contribution < -0.4 is 5.73 Å². The maximum absolute atomic E-state index is 10.5. The predicted octanol–water partition coefficient (Wildman–Crippen LogP) is 2.05. The SMILES string of the molecule is Cn1c(/N=N/C(N)=O)c(O)c2ccccc21. The number of nitrogens with two attached hydrogens (primary N) is 1. The van der Waals surface area contributed by atoms with E-state index in [1.807, 2.05) is 12.1 Å². The molecule has 2 aromatic rings. The normalized spacial score (nSPS) is 11.3. The largest absolute Gasteiger partial charge is 0.504 e. The number of amides is 2. The maximum Gasteiger partial charge on any atom is 0.357 e. The first-order chi connectivity index (χ1) is 7.61. The number of para-hydroxylation sites is 1. The van der Waals surface area contributed by atoms with Crippen LogP contribution in [0.3, 0.4) is 0 Å². The third-order valence-corrected chi connectivity index (χ3v) is 2.29. The Labute approximate surface area is 91.0 Å². The lowest BCUT2D eigenvalue weighted by atomic mass is 10.2. The number of hydrogen-bond donors (Lipinski definition) is 2. The molecule has 0 saturated carbocycles. The van der Waals surface area contributed by atoms with Crippen molar-refractivity contribution in [3.8, 4) is 5.75 Å². The number of aromatic nitrogens is 1. The van der Waals surface area contributed by atoms with Crippen LogP contribution in [0.5, 0.6) is 5.75 Å². The number of fused-ring (bicyclic) bond motifs is 1. The molecule has 0 bridgehead atoms. The highest BCUT2D eigenvalue weighted by atomic mass is 16.3. The molecule has 0 saturated heterocycles. The van der Waals surface area contributed by atoms with Crippen LogP contribution in [0.25, 0.3) is 10.9 Å². The molecule has 2 rings (SSSR count). The molecular weight excluding hydrogens is 208 g/mol. The maximum atomic E-state index is 10.5. The van der Waals surface area contributed by atoms with Gasteiger partial charge in [0, 0.05) is 12.4 Å². The van der Waals surface area contributed by atoms with Gasteiger partial charge in [0.05, 0.1) is 5.52 Å². The average molecular weight is 218 g/mol. The molecule has 6 heteroatoms. The van der Waals surface area contributed by atoms with Gasteiger partial charge >= 0.3 is 6.03 Å². The molecule has 0 fully saturated rings. The zero-order valence-corrected chi connectivity index (χ0v) is 8.58. The lowest BCUT2D eigenvalue weighted by Crippen LogP contribution is -2.02. The van der Waals surface area contributed by atoms with Gasteiger partial charge in [-0.1, -0.05) is 17.2 Å². The lowest BCUT2D eigenvalue weighted by molar-refractivity contribution is 0.255. The van der Waals surface area contributed by atoms with Crippen LogP contribution in [0.15, 0.2) is 34.5 Å². The molecule has 0 radical (unpaired) electrons. The highest BCUT2D eigenvalue weighted by molar-refractivity contribution is 5.92. The zero-order valence-electron chi connectivity index (χ0n) is 8.58. The van der Waals surface area contributed by atoms with Gasteiger partial charge in [-0.3, -0.25) is 0 Å². The Balaban J connectivity index is 2.66. The molecule has 1 aromatic carbocycles. The van der Waals surface area contributed by atoms with Crippen LogP contribution in [-0.2, 0) is 7.05 Å². The Hall–Kier alpha value is -2.37. The van der Waals surface area contributed by atoms with Gasteiger partial charge in [-0.25, -0.2) is 4.79 Å². The summed E-state index contributed by atoms with van der Waals surface area (Å²) < 4.78 is 1.64. The number of carbonyl (C=O) groups is 1. The molecule has 0 spiro atoms. The molecule has 0 unspecified atom stereocenters. The smallest absolute Gasteiger partial charge is 0.357 e. The second kappa shape index (κ2) is 3.65. The van der Waals surface area contributed by atoms with E-state index in [1.165, 1.54) is 0 Å². The van der Waals surface area contributed by atoms with E-state index in [0.717, 1.165) is 5.52 Å². The van der Waals surface area contributed by atoms with Crippen LogP contribution in [0.4, 0.5) is 10.6 Å². The Morgan fingerprint density at radius 1 is 1.44 bits per heavy atom. The van der Waals surface area contributed by atoms with Gasteiger partial charge < -0.3 is 15.4 Å². The minimum Gasteiger partial charge on any atom is -0.504 e. The van der Waals surface area contributed by atoms with Gasteiger partial charge in [-0.2, -0.15) is 0 Å². The van der Waals surface area contributed by atoms with Crippen molar-refractivity contribution >= 4 is 22.8 Å². The standard InChI is InChI=1S/C10H10N4O2/c1-14-7-5-3-2-4-6(7)8(15)9(14)12-13-10(11)16/h2-5,15H,1H3,(H2,11,16)/b13-12+. The van der Waals surface area contributed by atoms with Crippen LogP contribution in [0, 0.1) is 0 Å². The number of aryl methyl sites for hydroxylation is 1. The number of urea groups is 1. The van der Waals surface area contributed by atoms with Crippen molar-refractivity contribution in [2.24, 2.45) is 23.0 Å². The van der Waals surface area contributed by atoms with Gasteiger partial charge in [0.2, 0.25) is 0 Å². The number of carbonyl (C=O) groups excluding carboxylic acids is 1. The summed E-state index contributed by atoms with van der Waals surface area (Å²) >= 11 is 0. The molecular formula is C10H10N4O2. The van der Waals surface area contributed by atoms with Crippen LogP contribution in [-0.4, -0.2) is 15.7 Å². The van der Waals surface area contributed by atoms with Crippen molar-refractivity contribution in [3.63, 3.8) is 0 Å². The summed E-state index contributed by atoms with van der Waals surface area (Å²) in [5.74, 6) is 0.197. The Morgan fingerprint density at radius 2 is 2.12 bits per heavy atom. The first kappa shape index (κ1) is 10.2. The fourth-order valence-electron chi connectivity index (χ4n) is 1.57. The molecule has 6 nitrogen and oxygen atoms in total. The number of benzene rings is 1. The average Bonchev–Trinajstić information content (AvgIpc) is 2.50. The molecule has 0 aliphatic carbocycles.